The molecule has 1 fully saturated rings. The normalized spacial score (nSPS) is 19.2. The summed E-state index contributed by atoms with van der Waals surface area (Å²) in [4.78, 5) is 50.8. The van der Waals surface area contributed by atoms with Crippen LogP contribution >= 0.6 is 0 Å². The van der Waals surface area contributed by atoms with Crippen LogP contribution in [0.15, 0.2) is 72.9 Å². The summed E-state index contributed by atoms with van der Waals surface area (Å²) in [5.74, 6) is -3.30. The molecule has 0 saturated carbocycles. The molecule has 1 rings (SSSR count). The second-order valence-electron chi connectivity index (χ2n) is 18.2. The molecule has 0 aromatic carbocycles. The van der Waals surface area contributed by atoms with Crippen LogP contribution in [-0.4, -0.2) is 89.2 Å². The third-order valence-electron chi connectivity index (χ3n) is 11.8. The van der Waals surface area contributed by atoms with Crippen molar-refractivity contribution in [1.82, 2.24) is 0 Å². The highest BCUT2D eigenvalue weighted by molar-refractivity contribution is 5.74. The molecule has 0 aliphatic carbocycles. The third-order valence-corrected chi connectivity index (χ3v) is 11.8. The van der Waals surface area contributed by atoms with Crippen LogP contribution in [0.1, 0.15) is 213 Å². The average molecular weight is 971 g/mol. The number of carboxylic acids is 1. The molecule has 6 atom stereocenters. The van der Waals surface area contributed by atoms with E-state index in [-0.39, 0.29) is 25.9 Å². The fourth-order valence-electron chi connectivity index (χ4n) is 7.67. The minimum atomic E-state index is -1.91. The van der Waals surface area contributed by atoms with E-state index in [2.05, 4.69) is 75.5 Å². The number of unbranched alkanes of at least 4 members (excludes halogenated alkanes) is 19. The van der Waals surface area contributed by atoms with Crippen molar-refractivity contribution in [1.29, 1.82) is 0 Å². The Bertz CT molecular complexity index is 1480. The number of rotatable bonds is 44. The molecule has 0 bridgehead atoms. The lowest BCUT2D eigenvalue weighted by atomic mass is 9.98. The first-order chi connectivity index (χ1) is 33.6. The molecule has 1 aliphatic rings. The van der Waals surface area contributed by atoms with Gasteiger partial charge in [-0.05, 0) is 70.6 Å². The molecule has 1 aliphatic heterocycles. The fraction of sp³-hybridized carbons (Fsp3) is 0.719. The SMILES string of the molecule is CC/C=C\C/C=C\C/C=C\C/C=C\C/C=C\CC(=O)OCC(COC1OC(C(=O)O)C(O)C(O)C1OC(=O)CCCCCCCCCCC)OC(=O)CCCCCCC/C=C\CCCCCCCC. The molecule has 0 radical (unpaired) electrons. The Morgan fingerprint density at radius 1 is 0.507 bits per heavy atom. The standard InChI is InChI=1S/C57H94O12/c1-4-7-10-13-16-19-21-23-25-27-29-32-34-37-40-43-49(58)65-46-48(67-50(59)44-41-38-36-33-30-28-26-24-22-20-17-14-11-8-5-2)47-66-57-55(53(62)52(61)54(69-57)56(63)64)68-51(60)45-42-39-35-31-18-15-12-9-6-3/h7,10,16,19,23-26,29,32,37,40,48,52-55,57,61-62H,4-6,8-9,11-15,17-18,20-22,27-28,30-31,33-36,38-39,41-47H2,1-3H3,(H,63,64)/b10-7-,19-16-,25-23-,26-24-,32-29-,40-37-. The number of hydrogen-bond donors (Lipinski definition) is 3. The highest BCUT2D eigenvalue weighted by Gasteiger charge is 2.50. The van der Waals surface area contributed by atoms with E-state index in [0.717, 1.165) is 89.9 Å². The van der Waals surface area contributed by atoms with E-state index < -0.39 is 67.3 Å². The van der Waals surface area contributed by atoms with Crippen LogP contribution in [0, 0.1) is 0 Å². The maximum atomic E-state index is 13.1. The number of ether oxygens (including phenoxy) is 5. The van der Waals surface area contributed by atoms with Gasteiger partial charge < -0.3 is 39.0 Å². The van der Waals surface area contributed by atoms with Crippen molar-refractivity contribution in [3.05, 3.63) is 72.9 Å². The molecule has 1 saturated heterocycles. The Kier molecular flexibility index (Phi) is 41.5. The van der Waals surface area contributed by atoms with Crippen LogP contribution in [0.4, 0.5) is 0 Å². The van der Waals surface area contributed by atoms with Gasteiger partial charge in [-0.1, -0.05) is 196 Å². The van der Waals surface area contributed by atoms with Crippen LogP contribution in [0.3, 0.4) is 0 Å². The Morgan fingerprint density at radius 3 is 1.45 bits per heavy atom. The van der Waals surface area contributed by atoms with E-state index in [0.29, 0.717) is 19.3 Å². The highest BCUT2D eigenvalue weighted by Crippen LogP contribution is 2.26. The van der Waals surface area contributed by atoms with Crippen molar-refractivity contribution in [3.63, 3.8) is 0 Å². The predicted molar refractivity (Wildman–Crippen MR) is 275 cm³/mol. The van der Waals surface area contributed by atoms with E-state index in [1.165, 1.54) is 64.2 Å². The van der Waals surface area contributed by atoms with Gasteiger partial charge in [0.25, 0.3) is 0 Å². The van der Waals surface area contributed by atoms with Gasteiger partial charge in [-0.15, -0.1) is 0 Å². The van der Waals surface area contributed by atoms with Gasteiger partial charge in [0.2, 0.25) is 0 Å². The Morgan fingerprint density at radius 2 is 0.957 bits per heavy atom. The number of hydrogen-bond acceptors (Lipinski definition) is 11. The predicted octanol–water partition coefficient (Wildman–Crippen LogP) is 13.0. The van der Waals surface area contributed by atoms with Gasteiger partial charge in [-0.2, -0.15) is 0 Å². The molecule has 1 heterocycles. The largest absolute Gasteiger partial charge is 0.479 e. The van der Waals surface area contributed by atoms with E-state index >= 15 is 0 Å². The van der Waals surface area contributed by atoms with Gasteiger partial charge >= 0.3 is 23.9 Å². The van der Waals surface area contributed by atoms with Gasteiger partial charge in [0.05, 0.1) is 13.0 Å². The van der Waals surface area contributed by atoms with Crippen LogP contribution < -0.4 is 0 Å². The average Bonchev–Trinajstić information content (AvgIpc) is 3.33. The monoisotopic (exact) mass is 971 g/mol. The summed E-state index contributed by atoms with van der Waals surface area (Å²) < 4.78 is 28.1. The van der Waals surface area contributed by atoms with Crippen molar-refractivity contribution in [3.8, 4) is 0 Å². The highest BCUT2D eigenvalue weighted by atomic mass is 16.7. The second kappa shape index (κ2) is 45.3. The zero-order valence-corrected chi connectivity index (χ0v) is 43.0. The van der Waals surface area contributed by atoms with E-state index in [1.54, 1.807) is 6.08 Å². The topological polar surface area (TPSA) is 175 Å². The lowest BCUT2D eigenvalue weighted by Crippen LogP contribution is -2.61. The Hall–Kier alpha value is -3.84. The summed E-state index contributed by atoms with van der Waals surface area (Å²) in [6.07, 6.45) is 43.6. The number of carboxylic acid groups (broad SMARTS) is 1. The smallest absolute Gasteiger partial charge is 0.335 e. The van der Waals surface area contributed by atoms with Gasteiger partial charge in [0, 0.05) is 12.8 Å². The first-order valence-corrected chi connectivity index (χ1v) is 26.9. The number of esters is 3. The first-order valence-electron chi connectivity index (χ1n) is 26.9. The lowest BCUT2D eigenvalue weighted by Gasteiger charge is -2.40. The minimum Gasteiger partial charge on any atom is -0.479 e. The molecule has 0 spiro atoms. The van der Waals surface area contributed by atoms with Crippen molar-refractivity contribution in [2.45, 2.75) is 250 Å². The molecule has 12 heteroatoms. The second-order valence-corrected chi connectivity index (χ2v) is 18.2. The zero-order chi connectivity index (χ0) is 50.4. The molecular formula is C57H94O12. The summed E-state index contributed by atoms with van der Waals surface area (Å²) in [5.41, 5.74) is 0. The zero-order valence-electron chi connectivity index (χ0n) is 43.0. The number of carbonyl (C=O) groups excluding carboxylic acids is 3. The Balaban J connectivity index is 2.78. The van der Waals surface area contributed by atoms with Crippen LogP contribution in [0.2, 0.25) is 0 Å². The summed E-state index contributed by atoms with van der Waals surface area (Å²) in [6.45, 7) is 5.72. The lowest BCUT2D eigenvalue weighted by molar-refractivity contribution is -0.301. The molecule has 394 valence electrons. The van der Waals surface area contributed by atoms with Crippen LogP contribution in [-0.2, 0) is 42.9 Å². The number of aliphatic hydroxyl groups is 2. The van der Waals surface area contributed by atoms with Crippen molar-refractivity contribution < 1.29 is 58.2 Å². The molecule has 12 nitrogen and oxygen atoms in total. The number of carbonyl (C=O) groups is 4. The summed E-state index contributed by atoms with van der Waals surface area (Å²) in [6, 6.07) is 0. The van der Waals surface area contributed by atoms with Crippen molar-refractivity contribution in [2.75, 3.05) is 13.2 Å². The molecule has 0 aromatic heterocycles. The maximum absolute atomic E-state index is 13.1. The molecule has 0 aromatic rings. The van der Waals surface area contributed by atoms with E-state index in [9.17, 15) is 34.5 Å². The first kappa shape index (κ1) is 63.2. The molecular weight excluding hydrogens is 877 g/mol. The van der Waals surface area contributed by atoms with E-state index in [1.807, 2.05) is 12.2 Å². The molecule has 6 unspecified atom stereocenters. The molecule has 3 N–H and O–H groups in total. The van der Waals surface area contributed by atoms with Crippen LogP contribution in [0.5, 0.6) is 0 Å². The molecule has 0 amide bonds. The molecule has 69 heavy (non-hydrogen) atoms. The quantitative estimate of drug-likeness (QED) is 0.0228. The van der Waals surface area contributed by atoms with Gasteiger partial charge in [0.1, 0.15) is 18.8 Å². The van der Waals surface area contributed by atoms with Gasteiger partial charge in [-0.3, -0.25) is 14.4 Å². The third kappa shape index (κ3) is 35.8. The van der Waals surface area contributed by atoms with E-state index in [4.69, 9.17) is 23.7 Å². The van der Waals surface area contributed by atoms with Crippen LogP contribution in [0.25, 0.3) is 0 Å². The summed E-state index contributed by atoms with van der Waals surface area (Å²) in [5, 5.41) is 31.3. The summed E-state index contributed by atoms with van der Waals surface area (Å²) >= 11 is 0. The Labute approximate surface area is 417 Å². The van der Waals surface area contributed by atoms with Gasteiger partial charge in [-0.25, -0.2) is 4.79 Å². The minimum absolute atomic E-state index is 0.0168. The van der Waals surface area contributed by atoms with Crippen molar-refractivity contribution in [2.24, 2.45) is 0 Å². The number of aliphatic hydroxyl groups excluding tert-OH is 2. The summed E-state index contributed by atoms with van der Waals surface area (Å²) in [7, 11) is 0. The number of aliphatic carboxylic acids is 1. The fourth-order valence-corrected chi connectivity index (χ4v) is 7.67. The van der Waals surface area contributed by atoms with Gasteiger partial charge in [0.15, 0.2) is 24.6 Å². The maximum Gasteiger partial charge on any atom is 0.335 e. The number of allylic oxidation sites excluding steroid dienone is 11. The van der Waals surface area contributed by atoms with Crippen molar-refractivity contribution >= 4 is 23.9 Å².